The number of nitrogens with one attached hydrogen (secondary N) is 1. The summed E-state index contributed by atoms with van der Waals surface area (Å²) in [6.45, 7) is 9.71. The van der Waals surface area contributed by atoms with E-state index in [-0.39, 0.29) is 22.2 Å². The third-order valence-corrected chi connectivity index (χ3v) is 7.48. The van der Waals surface area contributed by atoms with Gasteiger partial charge < -0.3 is 14.9 Å². The molecule has 1 saturated heterocycles. The van der Waals surface area contributed by atoms with Crippen molar-refractivity contribution in [3.05, 3.63) is 77.0 Å². The van der Waals surface area contributed by atoms with Gasteiger partial charge >= 0.3 is 5.97 Å². The first-order valence-corrected chi connectivity index (χ1v) is 12.9. The quantitative estimate of drug-likeness (QED) is 0.529. The Balaban J connectivity index is 1.57. The lowest BCUT2D eigenvalue weighted by atomic mass is 10.1. The van der Waals surface area contributed by atoms with Crippen molar-refractivity contribution in [3.63, 3.8) is 0 Å². The van der Waals surface area contributed by atoms with Gasteiger partial charge in [0.1, 0.15) is 11.4 Å². The van der Waals surface area contributed by atoms with Gasteiger partial charge in [-0.15, -0.1) is 0 Å². The van der Waals surface area contributed by atoms with Crippen molar-refractivity contribution in [2.24, 2.45) is 0 Å². The van der Waals surface area contributed by atoms with Gasteiger partial charge in [0, 0.05) is 31.4 Å². The van der Waals surface area contributed by atoms with Crippen LogP contribution in [0.3, 0.4) is 0 Å². The van der Waals surface area contributed by atoms with E-state index in [4.69, 9.17) is 0 Å². The van der Waals surface area contributed by atoms with Gasteiger partial charge in [0.25, 0.3) is 10.0 Å². The molecule has 1 aromatic heterocycles. The minimum Gasteiger partial charge on any atom is -0.478 e. The Morgan fingerprint density at radius 2 is 1.74 bits per heavy atom. The summed E-state index contributed by atoms with van der Waals surface area (Å²) >= 11 is 0. The molecule has 0 saturated carbocycles. The summed E-state index contributed by atoms with van der Waals surface area (Å²) in [5, 5.41) is 9.88. The standard InChI is InChI=1S/C26H30N4O4S/c1-17-6-5-7-22(11-17)30-9-8-29(16-20(30)4)25-24(26(31)32)14-21(15-27-25)28-35(33,34)23-12-18(2)10-19(3)13-23/h5-7,10-15,20,28H,8-9,16H2,1-4H3,(H,31,32)/t20-/m0/s1. The van der Waals surface area contributed by atoms with Crippen molar-refractivity contribution < 1.29 is 18.3 Å². The fourth-order valence-corrected chi connectivity index (χ4v) is 5.79. The number of benzene rings is 2. The summed E-state index contributed by atoms with van der Waals surface area (Å²) in [5.41, 5.74) is 4.04. The van der Waals surface area contributed by atoms with Gasteiger partial charge in [-0.25, -0.2) is 18.2 Å². The molecule has 0 aliphatic carbocycles. The number of sulfonamides is 1. The number of carboxylic acid groups (broad SMARTS) is 1. The topological polar surface area (TPSA) is 103 Å². The predicted molar refractivity (Wildman–Crippen MR) is 138 cm³/mol. The SMILES string of the molecule is Cc1cccc(N2CCN(c3ncc(NS(=O)(=O)c4cc(C)cc(C)c4)cc3C(=O)O)C[C@@H]2C)c1. The number of pyridine rings is 1. The van der Waals surface area contributed by atoms with E-state index in [0.717, 1.165) is 16.8 Å². The second-order valence-corrected chi connectivity index (χ2v) is 10.8. The molecule has 8 nitrogen and oxygen atoms in total. The summed E-state index contributed by atoms with van der Waals surface area (Å²) in [6, 6.07) is 14.8. The van der Waals surface area contributed by atoms with E-state index >= 15 is 0 Å². The second kappa shape index (κ2) is 9.58. The molecule has 1 atom stereocenters. The first-order valence-electron chi connectivity index (χ1n) is 11.5. The Morgan fingerprint density at radius 1 is 1.03 bits per heavy atom. The van der Waals surface area contributed by atoms with Gasteiger partial charge in [0.15, 0.2) is 0 Å². The Morgan fingerprint density at radius 3 is 2.37 bits per heavy atom. The summed E-state index contributed by atoms with van der Waals surface area (Å²) < 4.78 is 28.3. The summed E-state index contributed by atoms with van der Waals surface area (Å²) in [7, 11) is -3.89. The van der Waals surface area contributed by atoms with Crippen molar-refractivity contribution in [1.82, 2.24) is 4.98 Å². The molecule has 184 valence electrons. The third kappa shape index (κ3) is 5.40. The second-order valence-electron chi connectivity index (χ2n) is 9.16. The molecule has 35 heavy (non-hydrogen) atoms. The van der Waals surface area contributed by atoms with E-state index in [0.29, 0.717) is 25.5 Å². The average Bonchev–Trinajstić information content (AvgIpc) is 2.78. The zero-order valence-corrected chi connectivity index (χ0v) is 21.1. The van der Waals surface area contributed by atoms with E-state index < -0.39 is 16.0 Å². The van der Waals surface area contributed by atoms with Crippen LogP contribution in [-0.2, 0) is 10.0 Å². The van der Waals surface area contributed by atoms with Crippen LogP contribution in [0.1, 0.15) is 34.0 Å². The van der Waals surface area contributed by atoms with Crippen LogP contribution >= 0.6 is 0 Å². The lowest BCUT2D eigenvalue weighted by Crippen LogP contribution is -2.52. The van der Waals surface area contributed by atoms with Gasteiger partial charge in [0.2, 0.25) is 0 Å². The fraction of sp³-hybridized carbons (Fsp3) is 0.308. The molecular weight excluding hydrogens is 464 g/mol. The molecule has 9 heteroatoms. The molecule has 2 heterocycles. The summed E-state index contributed by atoms with van der Waals surface area (Å²) in [4.78, 5) is 20.8. The van der Waals surface area contributed by atoms with E-state index in [1.165, 1.54) is 17.8 Å². The van der Waals surface area contributed by atoms with Crippen LogP contribution in [0.15, 0.2) is 59.6 Å². The Hall–Kier alpha value is -3.59. The smallest absolute Gasteiger partial charge is 0.339 e. The maximum Gasteiger partial charge on any atom is 0.339 e. The molecule has 0 amide bonds. The zero-order valence-electron chi connectivity index (χ0n) is 20.3. The van der Waals surface area contributed by atoms with Crippen LogP contribution in [0.5, 0.6) is 0 Å². The molecule has 1 fully saturated rings. The lowest BCUT2D eigenvalue weighted by molar-refractivity contribution is 0.0697. The number of aromatic nitrogens is 1. The van der Waals surface area contributed by atoms with Crippen LogP contribution in [0.4, 0.5) is 17.2 Å². The van der Waals surface area contributed by atoms with Crippen molar-refractivity contribution in [2.45, 2.75) is 38.6 Å². The van der Waals surface area contributed by atoms with Gasteiger partial charge in [0.05, 0.1) is 16.8 Å². The average molecular weight is 495 g/mol. The minimum atomic E-state index is -3.89. The van der Waals surface area contributed by atoms with Crippen molar-refractivity contribution in [2.75, 3.05) is 34.2 Å². The minimum absolute atomic E-state index is 0.0400. The number of rotatable bonds is 6. The van der Waals surface area contributed by atoms with E-state index in [1.54, 1.807) is 12.1 Å². The Kier molecular flexibility index (Phi) is 6.71. The largest absolute Gasteiger partial charge is 0.478 e. The zero-order chi connectivity index (χ0) is 25.3. The summed E-state index contributed by atoms with van der Waals surface area (Å²) in [5.74, 6) is -0.823. The molecule has 1 aliphatic heterocycles. The van der Waals surface area contributed by atoms with Gasteiger partial charge in [-0.1, -0.05) is 18.2 Å². The molecule has 2 aromatic carbocycles. The van der Waals surface area contributed by atoms with Crippen molar-refractivity contribution >= 4 is 33.2 Å². The highest BCUT2D eigenvalue weighted by Crippen LogP contribution is 2.28. The van der Waals surface area contributed by atoms with Gasteiger partial charge in [-0.2, -0.15) is 0 Å². The van der Waals surface area contributed by atoms with Crippen molar-refractivity contribution in [3.8, 4) is 0 Å². The van der Waals surface area contributed by atoms with Crippen molar-refractivity contribution in [1.29, 1.82) is 0 Å². The maximum absolute atomic E-state index is 12.9. The maximum atomic E-state index is 12.9. The Labute approximate surface area is 206 Å². The molecule has 0 bridgehead atoms. The number of hydrogen-bond acceptors (Lipinski definition) is 6. The van der Waals surface area contributed by atoms with Crippen LogP contribution < -0.4 is 14.5 Å². The fourth-order valence-electron chi connectivity index (χ4n) is 4.57. The number of nitrogens with zero attached hydrogens (tertiary/aromatic N) is 3. The first kappa shape index (κ1) is 24.5. The summed E-state index contributed by atoms with van der Waals surface area (Å²) in [6.07, 6.45) is 1.37. The van der Waals surface area contributed by atoms with Gasteiger partial charge in [-0.05, 0) is 74.7 Å². The number of piperazine rings is 1. The number of carboxylic acids is 1. The van der Waals surface area contributed by atoms with E-state index in [1.807, 2.05) is 30.9 Å². The highest BCUT2D eigenvalue weighted by atomic mass is 32.2. The van der Waals surface area contributed by atoms with E-state index in [2.05, 4.69) is 46.7 Å². The van der Waals surface area contributed by atoms with E-state index in [9.17, 15) is 18.3 Å². The first-order chi connectivity index (χ1) is 16.5. The lowest BCUT2D eigenvalue weighted by Gasteiger charge is -2.42. The van der Waals surface area contributed by atoms with Crippen LogP contribution in [0.25, 0.3) is 0 Å². The predicted octanol–water partition coefficient (Wildman–Crippen LogP) is 4.22. The molecule has 3 aromatic rings. The highest BCUT2D eigenvalue weighted by Gasteiger charge is 2.28. The number of hydrogen-bond donors (Lipinski definition) is 2. The molecule has 1 aliphatic rings. The molecule has 0 spiro atoms. The third-order valence-electron chi connectivity index (χ3n) is 6.12. The molecule has 0 unspecified atom stereocenters. The molecule has 0 radical (unpaired) electrons. The Bertz CT molecular complexity index is 1350. The highest BCUT2D eigenvalue weighted by molar-refractivity contribution is 7.92. The van der Waals surface area contributed by atoms with Gasteiger partial charge in [-0.3, -0.25) is 4.72 Å². The van der Waals surface area contributed by atoms with Crippen LogP contribution in [-0.4, -0.2) is 50.2 Å². The molecular formula is C26H30N4O4S. The number of carbonyl (C=O) groups is 1. The van der Waals surface area contributed by atoms with Crippen LogP contribution in [0, 0.1) is 20.8 Å². The monoisotopic (exact) mass is 494 g/mol. The van der Waals surface area contributed by atoms with Crippen LogP contribution in [0.2, 0.25) is 0 Å². The normalized spacial score (nSPS) is 16.3. The number of anilines is 3. The molecule has 2 N–H and O–H groups in total. The molecule has 4 rings (SSSR count). The number of aryl methyl sites for hydroxylation is 3. The number of aromatic carboxylic acids is 1.